The highest BCUT2D eigenvalue weighted by molar-refractivity contribution is 5.62. The summed E-state index contributed by atoms with van der Waals surface area (Å²) in [5.74, 6) is 1.69. The molecule has 7 nitrogen and oxygen atoms in total. The fraction of sp³-hybridized carbons (Fsp3) is 0.433. The number of pyridine rings is 1. The molecule has 2 fully saturated rings. The first kappa shape index (κ1) is 24.8. The van der Waals surface area contributed by atoms with Crippen LogP contribution < -0.4 is 9.80 Å². The highest BCUT2D eigenvalue weighted by Gasteiger charge is 2.28. The van der Waals surface area contributed by atoms with Crippen molar-refractivity contribution in [1.29, 1.82) is 0 Å². The lowest BCUT2D eigenvalue weighted by molar-refractivity contribution is 0.186. The molecule has 2 saturated heterocycles. The maximum Gasteiger partial charge on any atom is 0.154 e. The van der Waals surface area contributed by atoms with Gasteiger partial charge in [0.25, 0.3) is 0 Å². The van der Waals surface area contributed by atoms with Gasteiger partial charge in [0.1, 0.15) is 23.1 Å². The van der Waals surface area contributed by atoms with E-state index in [2.05, 4.69) is 45.7 Å². The van der Waals surface area contributed by atoms with Gasteiger partial charge in [0.05, 0.1) is 17.9 Å². The SMILES string of the molecule is CCN(CC)C1CCN(c2cccc(-c3cnc4ccc(N5CCC[C@@H]5c5cccc(F)c5)nn34)n2)CC1. The van der Waals surface area contributed by atoms with E-state index < -0.39 is 0 Å². The van der Waals surface area contributed by atoms with Crippen molar-refractivity contribution in [3.05, 3.63) is 72.2 Å². The molecule has 0 N–H and O–H groups in total. The quantitative estimate of drug-likeness (QED) is 0.322. The second-order valence-electron chi connectivity index (χ2n) is 10.3. The standard InChI is InChI=1S/C30H36FN7/c1-3-35(4-2)24-15-18-36(19-16-24)29-12-6-10-25(33-29)27-21-32-28-13-14-30(34-38(27)28)37-17-7-11-26(37)22-8-5-9-23(31)20-22/h5-6,8-10,12-14,20-21,24,26H,3-4,7,11,15-19H2,1-2H3/t26-/m1/s1. The molecule has 0 radical (unpaired) electrons. The minimum absolute atomic E-state index is 0.114. The smallest absolute Gasteiger partial charge is 0.154 e. The Morgan fingerprint density at radius 3 is 2.53 bits per heavy atom. The fourth-order valence-corrected chi connectivity index (χ4v) is 6.23. The highest BCUT2D eigenvalue weighted by atomic mass is 19.1. The normalized spacial score (nSPS) is 18.7. The minimum atomic E-state index is -0.196. The molecular weight excluding hydrogens is 477 g/mol. The summed E-state index contributed by atoms with van der Waals surface area (Å²) in [6.45, 7) is 9.65. The number of fused-ring (bicyclic) bond motifs is 1. The third kappa shape index (κ3) is 4.73. The van der Waals surface area contributed by atoms with E-state index >= 15 is 0 Å². The highest BCUT2D eigenvalue weighted by Crippen LogP contribution is 2.36. The van der Waals surface area contributed by atoms with Crippen LogP contribution in [-0.4, -0.2) is 63.2 Å². The summed E-state index contributed by atoms with van der Waals surface area (Å²) in [6.07, 6.45) is 6.21. The molecule has 2 aliphatic rings. The van der Waals surface area contributed by atoms with Crippen LogP contribution in [0.4, 0.5) is 16.0 Å². The van der Waals surface area contributed by atoms with Gasteiger partial charge >= 0.3 is 0 Å². The molecule has 0 bridgehead atoms. The van der Waals surface area contributed by atoms with Crippen LogP contribution in [0.1, 0.15) is 51.1 Å². The Bertz CT molecular complexity index is 1390. The zero-order valence-corrected chi connectivity index (χ0v) is 22.3. The number of aromatic nitrogens is 4. The van der Waals surface area contributed by atoms with Gasteiger partial charge in [-0.15, -0.1) is 5.10 Å². The summed E-state index contributed by atoms with van der Waals surface area (Å²) in [7, 11) is 0. The third-order valence-electron chi connectivity index (χ3n) is 8.24. The molecule has 2 aliphatic heterocycles. The van der Waals surface area contributed by atoms with Crippen molar-refractivity contribution in [2.75, 3.05) is 42.5 Å². The summed E-state index contributed by atoms with van der Waals surface area (Å²) in [6, 6.07) is 18.0. The Morgan fingerprint density at radius 2 is 1.74 bits per heavy atom. The van der Waals surface area contributed by atoms with Gasteiger partial charge in [0.15, 0.2) is 5.65 Å². The van der Waals surface area contributed by atoms with Gasteiger partial charge in [0.2, 0.25) is 0 Å². The van der Waals surface area contributed by atoms with Crippen molar-refractivity contribution in [2.24, 2.45) is 0 Å². The molecule has 0 amide bonds. The maximum absolute atomic E-state index is 14.0. The predicted molar refractivity (Wildman–Crippen MR) is 150 cm³/mol. The summed E-state index contributed by atoms with van der Waals surface area (Å²) >= 11 is 0. The monoisotopic (exact) mass is 513 g/mol. The van der Waals surface area contributed by atoms with Crippen LogP contribution in [0.5, 0.6) is 0 Å². The van der Waals surface area contributed by atoms with Crippen molar-refractivity contribution < 1.29 is 4.39 Å². The number of anilines is 2. The van der Waals surface area contributed by atoms with E-state index in [0.29, 0.717) is 6.04 Å². The molecule has 6 rings (SSSR count). The zero-order chi connectivity index (χ0) is 26.1. The third-order valence-corrected chi connectivity index (χ3v) is 8.24. The number of rotatable bonds is 7. The molecule has 1 atom stereocenters. The molecule has 38 heavy (non-hydrogen) atoms. The van der Waals surface area contributed by atoms with Gasteiger partial charge < -0.3 is 14.7 Å². The number of hydrogen-bond acceptors (Lipinski definition) is 6. The minimum Gasteiger partial charge on any atom is -0.356 e. The number of halogens is 1. The summed E-state index contributed by atoms with van der Waals surface area (Å²) in [5.41, 5.74) is 3.53. The van der Waals surface area contributed by atoms with Gasteiger partial charge in [-0.2, -0.15) is 0 Å². The van der Waals surface area contributed by atoms with Crippen LogP contribution in [0.25, 0.3) is 17.0 Å². The summed E-state index contributed by atoms with van der Waals surface area (Å²) in [5, 5.41) is 5.01. The van der Waals surface area contributed by atoms with Gasteiger partial charge in [-0.05, 0) is 80.7 Å². The molecule has 3 aromatic heterocycles. The lowest BCUT2D eigenvalue weighted by atomic mass is 10.0. The van der Waals surface area contributed by atoms with E-state index in [9.17, 15) is 4.39 Å². The average Bonchev–Trinajstić information content (AvgIpc) is 3.62. The van der Waals surface area contributed by atoms with E-state index in [1.807, 2.05) is 35.0 Å². The van der Waals surface area contributed by atoms with E-state index in [-0.39, 0.29) is 11.9 Å². The van der Waals surface area contributed by atoms with Crippen LogP contribution in [0.3, 0.4) is 0 Å². The Labute approximate surface area is 223 Å². The lowest BCUT2D eigenvalue weighted by Crippen LogP contribution is -2.45. The van der Waals surface area contributed by atoms with Crippen LogP contribution in [-0.2, 0) is 0 Å². The number of hydrogen-bond donors (Lipinski definition) is 0. The Morgan fingerprint density at radius 1 is 0.921 bits per heavy atom. The largest absolute Gasteiger partial charge is 0.356 e. The van der Waals surface area contributed by atoms with Gasteiger partial charge in [0, 0.05) is 25.7 Å². The van der Waals surface area contributed by atoms with Crippen molar-refractivity contribution in [3.8, 4) is 11.4 Å². The zero-order valence-electron chi connectivity index (χ0n) is 22.3. The molecule has 0 unspecified atom stereocenters. The predicted octanol–water partition coefficient (Wildman–Crippen LogP) is 5.58. The van der Waals surface area contributed by atoms with Crippen molar-refractivity contribution in [2.45, 2.75) is 51.6 Å². The molecule has 0 spiro atoms. The number of piperidine rings is 1. The van der Waals surface area contributed by atoms with Crippen molar-refractivity contribution in [1.82, 2.24) is 24.5 Å². The first-order chi connectivity index (χ1) is 18.6. The molecule has 0 aliphatic carbocycles. The van der Waals surface area contributed by atoms with E-state index in [0.717, 1.165) is 92.6 Å². The number of imidazole rings is 1. The summed E-state index contributed by atoms with van der Waals surface area (Å²) < 4.78 is 15.9. The Kier molecular flexibility index (Phi) is 6.98. The molecule has 4 aromatic rings. The second kappa shape index (κ2) is 10.7. The van der Waals surface area contributed by atoms with Crippen LogP contribution >= 0.6 is 0 Å². The van der Waals surface area contributed by atoms with Gasteiger partial charge in [-0.1, -0.05) is 32.0 Å². The van der Waals surface area contributed by atoms with Crippen molar-refractivity contribution >= 4 is 17.3 Å². The molecule has 8 heteroatoms. The molecule has 198 valence electrons. The number of nitrogens with zero attached hydrogens (tertiary/aromatic N) is 7. The average molecular weight is 514 g/mol. The first-order valence-corrected chi connectivity index (χ1v) is 14.0. The van der Waals surface area contributed by atoms with E-state index in [4.69, 9.17) is 10.1 Å². The first-order valence-electron chi connectivity index (χ1n) is 14.0. The van der Waals surface area contributed by atoms with Gasteiger partial charge in [-0.25, -0.2) is 18.9 Å². The second-order valence-corrected chi connectivity index (χ2v) is 10.3. The summed E-state index contributed by atoms with van der Waals surface area (Å²) in [4.78, 5) is 16.9. The van der Waals surface area contributed by atoms with Crippen LogP contribution in [0.15, 0.2) is 60.8 Å². The van der Waals surface area contributed by atoms with Crippen LogP contribution in [0, 0.1) is 5.82 Å². The van der Waals surface area contributed by atoms with Gasteiger partial charge in [-0.3, -0.25) is 0 Å². The fourth-order valence-electron chi connectivity index (χ4n) is 6.23. The molecule has 0 saturated carbocycles. The maximum atomic E-state index is 14.0. The number of benzene rings is 1. The molecule has 5 heterocycles. The van der Waals surface area contributed by atoms with Crippen molar-refractivity contribution in [3.63, 3.8) is 0 Å². The molecular formula is C30H36FN7. The van der Waals surface area contributed by atoms with Crippen LogP contribution in [0.2, 0.25) is 0 Å². The Balaban J connectivity index is 1.26. The Hall–Kier alpha value is -3.52. The van der Waals surface area contributed by atoms with E-state index in [1.54, 1.807) is 12.1 Å². The van der Waals surface area contributed by atoms with E-state index in [1.165, 1.54) is 6.07 Å². The lowest BCUT2D eigenvalue weighted by Gasteiger charge is -2.38. The molecule has 1 aromatic carbocycles. The topological polar surface area (TPSA) is 52.8 Å².